The van der Waals surface area contributed by atoms with Crippen LogP contribution in [0, 0.1) is 12.8 Å². The van der Waals surface area contributed by atoms with Crippen molar-refractivity contribution >= 4 is 11.7 Å². The number of carbonyl (C=O) groups is 2. The van der Waals surface area contributed by atoms with E-state index in [9.17, 15) is 9.59 Å². The van der Waals surface area contributed by atoms with E-state index in [0.717, 1.165) is 29.5 Å². The minimum Gasteiger partial charge on any atom is -0.394 e. The molecule has 0 spiro atoms. The number of aliphatic hydroxyl groups is 1. The van der Waals surface area contributed by atoms with E-state index in [-0.39, 0.29) is 24.4 Å². The third-order valence-corrected chi connectivity index (χ3v) is 5.20. The van der Waals surface area contributed by atoms with Gasteiger partial charge in [0.1, 0.15) is 0 Å². The van der Waals surface area contributed by atoms with Crippen LogP contribution in [0.5, 0.6) is 0 Å². The molecule has 5 nitrogen and oxygen atoms in total. The molecule has 5 heteroatoms. The predicted molar refractivity (Wildman–Crippen MR) is 104 cm³/mol. The van der Waals surface area contributed by atoms with E-state index < -0.39 is 5.91 Å². The highest BCUT2D eigenvalue weighted by Gasteiger charge is 2.30. The molecule has 1 aliphatic rings. The van der Waals surface area contributed by atoms with E-state index in [4.69, 9.17) is 15.6 Å². The molecule has 0 aromatic heterocycles. The van der Waals surface area contributed by atoms with E-state index in [1.165, 1.54) is 0 Å². The molecule has 1 amide bonds. The van der Waals surface area contributed by atoms with Gasteiger partial charge in [0.15, 0.2) is 5.78 Å². The van der Waals surface area contributed by atoms with Gasteiger partial charge in [-0.25, -0.2) is 0 Å². The van der Waals surface area contributed by atoms with Gasteiger partial charge in [-0.1, -0.05) is 30.3 Å². The van der Waals surface area contributed by atoms with E-state index in [0.29, 0.717) is 24.2 Å². The largest absolute Gasteiger partial charge is 0.394 e. The van der Waals surface area contributed by atoms with Crippen molar-refractivity contribution in [1.82, 2.24) is 0 Å². The van der Waals surface area contributed by atoms with Gasteiger partial charge in [0.05, 0.1) is 19.3 Å². The Kier molecular flexibility index (Phi) is 6.04. The molecule has 2 aromatic rings. The van der Waals surface area contributed by atoms with Crippen molar-refractivity contribution in [2.45, 2.75) is 32.3 Å². The van der Waals surface area contributed by atoms with Gasteiger partial charge in [-0.2, -0.15) is 0 Å². The van der Waals surface area contributed by atoms with Crippen molar-refractivity contribution in [2.24, 2.45) is 11.7 Å². The molecule has 1 aliphatic carbocycles. The molecule has 0 bridgehead atoms. The molecule has 27 heavy (non-hydrogen) atoms. The SMILES string of the molecule is Cc1ccc(C(N)=O)cc1-c1ccc(C(=O)C2CCC(OCCO)C2)cc1. The number of carbonyl (C=O) groups excluding carboxylic acids is 2. The number of ether oxygens (including phenoxy) is 1. The van der Waals surface area contributed by atoms with Crippen LogP contribution in [0.15, 0.2) is 42.5 Å². The standard InChI is InChI=1S/C22H25NO4/c1-14-2-3-18(22(23)26)13-20(14)15-4-6-16(7-5-15)21(25)17-8-9-19(12-17)27-11-10-24/h2-7,13,17,19,24H,8-12H2,1H3,(H2,23,26). The summed E-state index contributed by atoms with van der Waals surface area (Å²) in [4.78, 5) is 24.2. The maximum atomic E-state index is 12.8. The Morgan fingerprint density at radius 2 is 1.81 bits per heavy atom. The summed E-state index contributed by atoms with van der Waals surface area (Å²) in [5.74, 6) is -0.346. The van der Waals surface area contributed by atoms with E-state index in [1.807, 2.05) is 37.3 Å². The van der Waals surface area contributed by atoms with Crippen LogP contribution in [0.25, 0.3) is 11.1 Å². The quantitative estimate of drug-likeness (QED) is 0.736. The number of primary amides is 1. The molecule has 2 aromatic carbocycles. The minimum absolute atomic E-state index is 0.00689. The normalized spacial score (nSPS) is 19.2. The summed E-state index contributed by atoms with van der Waals surface area (Å²) >= 11 is 0. The molecule has 3 rings (SSSR count). The molecule has 0 radical (unpaired) electrons. The average molecular weight is 367 g/mol. The lowest BCUT2D eigenvalue weighted by Crippen LogP contribution is -2.15. The highest BCUT2D eigenvalue weighted by molar-refractivity contribution is 5.98. The van der Waals surface area contributed by atoms with E-state index in [2.05, 4.69) is 0 Å². The Morgan fingerprint density at radius 3 is 2.48 bits per heavy atom. The summed E-state index contributed by atoms with van der Waals surface area (Å²) in [5.41, 5.74) is 9.46. The van der Waals surface area contributed by atoms with Crippen LogP contribution in [0.3, 0.4) is 0 Å². The summed E-state index contributed by atoms with van der Waals surface area (Å²) in [6.07, 6.45) is 2.44. The zero-order chi connectivity index (χ0) is 19.4. The number of nitrogens with two attached hydrogens (primary N) is 1. The molecule has 2 unspecified atom stereocenters. The molecular formula is C22H25NO4. The first-order valence-electron chi connectivity index (χ1n) is 9.27. The van der Waals surface area contributed by atoms with Crippen molar-refractivity contribution in [3.8, 4) is 11.1 Å². The monoisotopic (exact) mass is 367 g/mol. The number of rotatable bonds is 7. The lowest BCUT2D eigenvalue weighted by Gasteiger charge is -2.12. The third-order valence-electron chi connectivity index (χ3n) is 5.20. The topological polar surface area (TPSA) is 89.6 Å². The molecule has 142 valence electrons. The summed E-state index contributed by atoms with van der Waals surface area (Å²) in [6.45, 7) is 2.31. The number of ketones is 1. The highest BCUT2D eigenvalue weighted by atomic mass is 16.5. The Balaban J connectivity index is 1.73. The molecular weight excluding hydrogens is 342 g/mol. The second-order valence-electron chi connectivity index (χ2n) is 7.06. The van der Waals surface area contributed by atoms with Gasteiger partial charge < -0.3 is 15.6 Å². The fraction of sp³-hybridized carbons (Fsp3) is 0.364. The van der Waals surface area contributed by atoms with Crippen molar-refractivity contribution in [2.75, 3.05) is 13.2 Å². The summed E-state index contributed by atoms with van der Waals surface area (Å²) in [5, 5.41) is 8.85. The lowest BCUT2D eigenvalue weighted by atomic mass is 9.93. The van der Waals surface area contributed by atoms with Gasteiger partial charge in [0, 0.05) is 17.0 Å². The van der Waals surface area contributed by atoms with Crippen LogP contribution >= 0.6 is 0 Å². The smallest absolute Gasteiger partial charge is 0.248 e. The second-order valence-corrected chi connectivity index (χ2v) is 7.06. The third kappa shape index (κ3) is 4.43. The van der Waals surface area contributed by atoms with Crippen LogP contribution < -0.4 is 5.73 Å². The maximum Gasteiger partial charge on any atom is 0.248 e. The molecule has 2 atom stereocenters. The zero-order valence-corrected chi connectivity index (χ0v) is 15.5. The zero-order valence-electron chi connectivity index (χ0n) is 15.5. The molecule has 1 saturated carbocycles. The lowest BCUT2D eigenvalue weighted by molar-refractivity contribution is 0.0306. The Hall–Kier alpha value is -2.50. The molecule has 3 N–H and O–H groups in total. The van der Waals surface area contributed by atoms with Gasteiger partial charge in [-0.05, 0) is 55.0 Å². The van der Waals surface area contributed by atoms with Crippen molar-refractivity contribution in [3.63, 3.8) is 0 Å². The van der Waals surface area contributed by atoms with Crippen LogP contribution in [0.1, 0.15) is 45.5 Å². The van der Waals surface area contributed by atoms with Crippen LogP contribution in [-0.2, 0) is 4.74 Å². The van der Waals surface area contributed by atoms with Gasteiger partial charge >= 0.3 is 0 Å². The second kappa shape index (κ2) is 8.46. The van der Waals surface area contributed by atoms with Gasteiger partial charge in [-0.3, -0.25) is 9.59 Å². The van der Waals surface area contributed by atoms with Gasteiger partial charge in [0.25, 0.3) is 0 Å². The van der Waals surface area contributed by atoms with E-state index >= 15 is 0 Å². The molecule has 1 fully saturated rings. The summed E-state index contributed by atoms with van der Waals surface area (Å²) < 4.78 is 5.55. The number of benzene rings is 2. The number of hydrogen-bond donors (Lipinski definition) is 2. The Morgan fingerprint density at radius 1 is 1.11 bits per heavy atom. The summed E-state index contributed by atoms with van der Waals surface area (Å²) in [6, 6.07) is 12.9. The van der Waals surface area contributed by atoms with Crippen LogP contribution in [0.4, 0.5) is 0 Å². The van der Waals surface area contributed by atoms with Crippen LogP contribution in [-0.4, -0.2) is 36.1 Å². The Bertz CT molecular complexity index is 829. The van der Waals surface area contributed by atoms with Crippen LogP contribution in [0.2, 0.25) is 0 Å². The first kappa shape index (κ1) is 19.3. The summed E-state index contributed by atoms with van der Waals surface area (Å²) in [7, 11) is 0. The van der Waals surface area contributed by atoms with Gasteiger partial charge in [0.2, 0.25) is 5.91 Å². The maximum absolute atomic E-state index is 12.8. The number of aryl methyl sites for hydroxylation is 1. The van der Waals surface area contributed by atoms with Crippen molar-refractivity contribution in [3.05, 3.63) is 59.2 Å². The number of aliphatic hydroxyl groups excluding tert-OH is 1. The Labute approximate surface area is 159 Å². The minimum atomic E-state index is -0.456. The number of hydrogen-bond acceptors (Lipinski definition) is 4. The average Bonchev–Trinajstić information content (AvgIpc) is 3.15. The highest BCUT2D eigenvalue weighted by Crippen LogP contribution is 2.31. The number of amides is 1. The predicted octanol–water partition coefficient (Wildman–Crippen LogP) is 3.12. The van der Waals surface area contributed by atoms with Gasteiger partial charge in [-0.15, -0.1) is 0 Å². The molecule has 0 heterocycles. The molecule has 0 aliphatic heterocycles. The van der Waals surface area contributed by atoms with Crippen molar-refractivity contribution in [1.29, 1.82) is 0 Å². The fourth-order valence-electron chi connectivity index (χ4n) is 3.69. The number of Topliss-reactive ketones (excluding diaryl/α,β-unsaturated/α-hetero) is 1. The first-order valence-corrected chi connectivity index (χ1v) is 9.27. The molecule has 0 saturated heterocycles. The first-order chi connectivity index (χ1) is 13.0. The van der Waals surface area contributed by atoms with Crippen molar-refractivity contribution < 1.29 is 19.4 Å². The fourth-order valence-corrected chi connectivity index (χ4v) is 3.69. The van der Waals surface area contributed by atoms with E-state index in [1.54, 1.807) is 12.1 Å².